The van der Waals surface area contributed by atoms with Crippen LogP contribution in [0.25, 0.3) is 0 Å². The van der Waals surface area contributed by atoms with Gasteiger partial charge in [-0.25, -0.2) is 4.68 Å². The maximum absolute atomic E-state index is 12.1. The highest BCUT2D eigenvalue weighted by atomic mass is 32.2. The van der Waals surface area contributed by atoms with Crippen LogP contribution in [0.2, 0.25) is 0 Å². The molecule has 1 aromatic rings. The minimum atomic E-state index is 0.0776. The number of rotatable bonds is 7. The fraction of sp³-hybridized carbons (Fsp3) is 0.667. The van der Waals surface area contributed by atoms with Crippen molar-refractivity contribution in [3.63, 3.8) is 0 Å². The lowest BCUT2D eigenvalue weighted by Crippen LogP contribution is -2.33. The first kappa shape index (κ1) is 15.7. The van der Waals surface area contributed by atoms with Crippen LogP contribution in [0.1, 0.15) is 33.7 Å². The van der Waals surface area contributed by atoms with Gasteiger partial charge in [-0.3, -0.25) is 4.79 Å². The maximum atomic E-state index is 12.1. The Bertz CT molecular complexity index is 443. The number of hydrogen-bond donors (Lipinski definition) is 0. The van der Waals surface area contributed by atoms with E-state index in [4.69, 9.17) is 0 Å². The minimum Gasteiger partial charge on any atom is -0.338 e. The third-order valence-corrected chi connectivity index (χ3v) is 3.39. The number of hydrogen-bond acceptors (Lipinski definition) is 5. The number of tetrazole rings is 1. The Morgan fingerprint density at radius 3 is 2.74 bits per heavy atom. The van der Waals surface area contributed by atoms with Crippen LogP contribution >= 0.6 is 11.8 Å². The normalized spacial score (nSPS) is 10.8. The molecule has 0 saturated carbocycles. The van der Waals surface area contributed by atoms with E-state index in [-0.39, 0.29) is 11.9 Å². The smallest absolute Gasteiger partial charge is 0.233 e. The second-order valence-electron chi connectivity index (χ2n) is 4.65. The van der Waals surface area contributed by atoms with Crippen LogP contribution in [0.5, 0.6) is 0 Å². The lowest BCUT2D eigenvalue weighted by Gasteiger charge is -2.20. The van der Waals surface area contributed by atoms with E-state index in [9.17, 15) is 4.79 Å². The Labute approximate surface area is 118 Å². The molecule has 0 radical (unpaired) electrons. The van der Waals surface area contributed by atoms with Gasteiger partial charge in [-0.05, 0) is 38.1 Å². The third-order valence-electron chi connectivity index (χ3n) is 2.47. The van der Waals surface area contributed by atoms with Gasteiger partial charge in [0.1, 0.15) is 0 Å². The van der Waals surface area contributed by atoms with Crippen molar-refractivity contribution in [1.82, 2.24) is 25.1 Å². The van der Waals surface area contributed by atoms with Crippen LogP contribution in [0.4, 0.5) is 0 Å². The van der Waals surface area contributed by atoms with Crippen LogP contribution in [0.15, 0.2) is 17.3 Å². The third kappa shape index (κ3) is 4.66. The van der Waals surface area contributed by atoms with E-state index in [0.29, 0.717) is 24.0 Å². The summed E-state index contributed by atoms with van der Waals surface area (Å²) >= 11 is 1.37. The van der Waals surface area contributed by atoms with Crippen molar-refractivity contribution >= 4 is 17.7 Å². The van der Waals surface area contributed by atoms with Crippen LogP contribution in [-0.2, 0) is 4.79 Å². The molecule has 0 aliphatic rings. The molecular formula is C12H21N5OS. The van der Waals surface area contributed by atoms with Crippen molar-refractivity contribution in [3.05, 3.63) is 12.2 Å². The zero-order chi connectivity index (χ0) is 14.4. The Morgan fingerprint density at radius 2 is 2.21 bits per heavy atom. The first-order valence-electron chi connectivity index (χ1n) is 6.28. The van der Waals surface area contributed by atoms with Crippen molar-refractivity contribution in [1.29, 1.82) is 0 Å². The molecule has 0 N–H and O–H groups in total. The van der Waals surface area contributed by atoms with Gasteiger partial charge in [0, 0.05) is 13.1 Å². The topological polar surface area (TPSA) is 63.9 Å². The Balaban J connectivity index is 2.57. The monoisotopic (exact) mass is 283 g/mol. The number of amides is 1. The van der Waals surface area contributed by atoms with E-state index in [1.165, 1.54) is 11.8 Å². The Morgan fingerprint density at radius 1 is 1.53 bits per heavy atom. The molecule has 19 heavy (non-hydrogen) atoms. The number of thioether (sulfide) groups is 1. The predicted octanol–water partition coefficient (Wildman–Crippen LogP) is 1.77. The number of nitrogens with zero attached hydrogens (tertiary/aromatic N) is 5. The molecule has 1 aromatic heterocycles. The van der Waals surface area contributed by atoms with Gasteiger partial charge in [-0.15, -0.1) is 5.10 Å². The average Bonchev–Trinajstić information content (AvgIpc) is 2.81. The first-order chi connectivity index (χ1) is 8.95. The number of aromatic nitrogens is 4. The molecule has 6 nitrogen and oxygen atoms in total. The molecular weight excluding hydrogens is 262 g/mol. The van der Waals surface area contributed by atoms with Crippen LogP contribution in [-0.4, -0.2) is 49.9 Å². The summed E-state index contributed by atoms with van der Waals surface area (Å²) in [7, 11) is 0. The van der Waals surface area contributed by atoms with Gasteiger partial charge in [0.15, 0.2) is 0 Å². The van der Waals surface area contributed by atoms with E-state index >= 15 is 0 Å². The number of carbonyl (C=O) groups is 1. The van der Waals surface area contributed by atoms with Crippen molar-refractivity contribution in [2.24, 2.45) is 0 Å². The molecule has 0 aliphatic carbocycles. The van der Waals surface area contributed by atoms with E-state index in [2.05, 4.69) is 22.1 Å². The molecule has 0 aromatic carbocycles. The second kappa shape index (κ2) is 7.28. The van der Waals surface area contributed by atoms with Crippen molar-refractivity contribution in [2.75, 3.05) is 18.8 Å². The van der Waals surface area contributed by atoms with Crippen LogP contribution < -0.4 is 0 Å². The summed E-state index contributed by atoms with van der Waals surface area (Å²) in [6.07, 6.45) is 0. The molecule has 0 bridgehead atoms. The predicted molar refractivity (Wildman–Crippen MR) is 76.0 cm³/mol. The highest BCUT2D eigenvalue weighted by Gasteiger charge is 2.15. The fourth-order valence-electron chi connectivity index (χ4n) is 1.52. The highest BCUT2D eigenvalue weighted by Crippen LogP contribution is 2.17. The average molecular weight is 283 g/mol. The van der Waals surface area contributed by atoms with Gasteiger partial charge in [-0.1, -0.05) is 23.9 Å². The summed E-state index contributed by atoms with van der Waals surface area (Å²) < 4.78 is 1.72. The van der Waals surface area contributed by atoms with Gasteiger partial charge in [0.25, 0.3) is 0 Å². The minimum absolute atomic E-state index is 0.0776. The number of likely N-dealkylation sites (N-methyl/N-ethyl adjacent to an activating group) is 1. The van der Waals surface area contributed by atoms with Crippen LogP contribution in [0, 0.1) is 0 Å². The highest BCUT2D eigenvalue weighted by molar-refractivity contribution is 7.99. The molecule has 0 atom stereocenters. The molecule has 0 spiro atoms. The van der Waals surface area contributed by atoms with E-state index in [1.807, 2.05) is 27.7 Å². The number of carbonyl (C=O) groups excluding carboxylic acids is 1. The Hall–Kier alpha value is -1.37. The van der Waals surface area contributed by atoms with Gasteiger partial charge in [0.2, 0.25) is 11.1 Å². The maximum Gasteiger partial charge on any atom is 0.233 e. The van der Waals surface area contributed by atoms with Gasteiger partial charge >= 0.3 is 0 Å². The molecule has 1 rings (SSSR count). The van der Waals surface area contributed by atoms with E-state index < -0.39 is 0 Å². The quantitative estimate of drug-likeness (QED) is 0.563. The largest absolute Gasteiger partial charge is 0.338 e. The molecule has 0 unspecified atom stereocenters. The molecule has 106 valence electrons. The molecule has 7 heteroatoms. The molecule has 0 aliphatic heterocycles. The zero-order valence-electron chi connectivity index (χ0n) is 12.0. The van der Waals surface area contributed by atoms with Crippen molar-refractivity contribution in [2.45, 2.75) is 38.9 Å². The molecule has 1 heterocycles. The van der Waals surface area contributed by atoms with Crippen molar-refractivity contribution in [3.8, 4) is 0 Å². The van der Waals surface area contributed by atoms with Crippen LogP contribution in [0.3, 0.4) is 0 Å². The summed E-state index contributed by atoms with van der Waals surface area (Å²) in [5.41, 5.74) is 0.979. The van der Waals surface area contributed by atoms with E-state index in [0.717, 1.165) is 5.57 Å². The fourth-order valence-corrected chi connectivity index (χ4v) is 2.43. The summed E-state index contributed by atoms with van der Waals surface area (Å²) in [6, 6.07) is 0.185. The standard InChI is InChI=1S/C12H21N5OS/c1-6-16(7-9(2)3)11(18)8-19-12-13-14-15-17(12)10(4)5/h10H,2,6-8H2,1,3-5H3. The van der Waals surface area contributed by atoms with Gasteiger partial charge in [0.05, 0.1) is 11.8 Å². The summed E-state index contributed by atoms with van der Waals surface area (Å²) in [6.45, 7) is 13.0. The second-order valence-corrected chi connectivity index (χ2v) is 5.60. The van der Waals surface area contributed by atoms with Gasteiger partial charge < -0.3 is 4.90 Å². The van der Waals surface area contributed by atoms with Gasteiger partial charge in [-0.2, -0.15) is 0 Å². The SMILES string of the molecule is C=C(C)CN(CC)C(=O)CSc1nnnn1C(C)C. The van der Waals surface area contributed by atoms with Crippen molar-refractivity contribution < 1.29 is 4.79 Å². The molecule has 0 saturated heterocycles. The zero-order valence-corrected chi connectivity index (χ0v) is 12.8. The van der Waals surface area contributed by atoms with E-state index in [1.54, 1.807) is 9.58 Å². The lowest BCUT2D eigenvalue weighted by atomic mass is 10.3. The summed E-state index contributed by atoms with van der Waals surface area (Å²) in [5, 5.41) is 12.1. The molecule has 0 fully saturated rings. The summed E-state index contributed by atoms with van der Waals surface area (Å²) in [4.78, 5) is 13.8. The summed E-state index contributed by atoms with van der Waals surface area (Å²) in [5.74, 6) is 0.419. The molecule has 1 amide bonds. The first-order valence-corrected chi connectivity index (χ1v) is 7.27. The Kier molecular flexibility index (Phi) is 6.01. The lowest BCUT2D eigenvalue weighted by molar-refractivity contribution is -0.127.